The molecule has 0 bridgehead atoms. The smallest absolute Gasteiger partial charge is 0.307 e. The van der Waals surface area contributed by atoms with Gasteiger partial charge < -0.3 is 10.0 Å². The van der Waals surface area contributed by atoms with Crippen LogP contribution in [-0.4, -0.2) is 35.0 Å². The number of carbonyl (C=O) groups is 2. The zero-order chi connectivity index (χ0) is 17.7. The first-order valence-electron chi connectivity index (χ1n) is 7.69. The molecule has 1 unspecified atom stereocenters. The number of carboxylic acid groups (broad SMARTS) is 1. The fourth-order valence-electron chi connectivity index (χ4n) is 2.44. The van der Waals surface area contributed by atoms with Crippen LogP contribution in [0.3, 0.4) is 0 Å². The Morgan fingerprint density at radius 1 is 1.04 bits per heavy atom. The van der Waals surface area contributed by atoms with Crippen molar-refractivity contribution >= 4 is 23.5 Å². The van der Waals surface area contributed by atoms with Crippen LogP contribution < -0.4 is 0 Å². The van der Waals surface area contributed by atoms with Crippen molar-refractivity contribution in [2.24, 2.45) is 0 Å². The molecule has 5 heteroatoms. The molecular formula is C19H20ClNO3. The molecule has 2 aromatic carbocycles. The second kappa shape index (κ2) is 7.97. The van der Waals surface area contributed by atoms with Crippen LogP contribution in [0.1, 0.15) is 28.4 Å². The average molecular weight is 346 g/mol. The molecule has 1 amide bonds. The minimum absolute atomic E-state index is 0.0253. The molecule has 24 heavy (non-hydrogen) atoms. The standard InChI is InChI=1S/C19H20ClNO3/c1-13(11-14-5-9-17(20)10-6-14)21(2)19(24)16-7-3-15(4-8-16)12-18(22)23/h3-10,13H,11-12H2,1-2H3,(H,22,23). The van der Waals surface area contributed by atoms with Crippen molar-refractivity contribution in [1.82, 2.24) is 4.90 Å². The van der Waals surface area contributed by atoms with E-state index in [1.807, 2.05) is 31.2 Å². The number of carboxylic acids is 1. The third-order valence-electron chi connectivity index (χ3n) is 3.98. The molecule has 0 aliphatic heterocycles. The van der Waals surface area contributed by atoms with Gasteiger partial charge in [0.2, 0.25) is 0 Å². The van der Waals surface area contributed by atoms with Gasteiger partial charge in [0.25, 0.3) is 5.91 Å². The summed E-state index contributed by atoms with van der Waals surface area (Å²) >= 11 is 5.88. The quantitative estimate of drug-likeness (QED) is 0.869. The van der Waals surface area contributed by atoms with Gasteiger partial charge in [0.1, 0.15) is 0 Å². The number of hydrogen-bond acceptors (Lipinski definition) is 2. The molecule has 1 N–H and O–H groups in total. The number of carbonyl (C=O) groups excluding carboxylic acids is 1. The Labute approximate surface area is 146 Å². The van der Waals surface area contributed by atoms with Crippen LogP contribution in [0.5, 0.6) is 0 Å². The number of aliphatic carboxylic acids is 1. The molecule has 4 nitrogen and oxygen atoms in total. The number of hydrogen-bond donors (Lipinski definition) is 1. The van der Waals surface area contributed by atoms with E-state index in [-0.39, 0.29) is 18.4 Å². The lowest BCUT2D eigenvalue weighted by molar-refractivity contribution is -0.136. The fraction of sp³-hybridized carbons (Fsp3) is 0.263. The second-order valence-corrected chi connectivity index (χ2v) is 6.30. The van der Waals surface area contributed by atoms with Gasteiger partial charge in [-0.15, -0.1) is 0 Å². The summed E-state index contributed by atoms with van der Waals surface area (Å²) in [6, 6.07) is 14.3. The van der Waals surface area contributed by atoms with Crippen molar-refractivity contribution in [3.63, 3.8) is 0 Å². The van der Waals surface area contributed by atoms with Crippen LogP contribution in [0, 0.1) is 0 Å². The maximum absolute atomic E-state index is 12.6. The molecule has 0 heterocycles. The van der Waals surface area contributed by atoms with Gasteiger partial charge in [0, 0.05) is 23.7 Å². The molecule has 126 valence electrons. The van der Waals surface area contributed by atoms with E-state index in [1.165, 1.54) is 0 Å². The number of benzene rings is 2. The molecule has 2 rings (SSSR count). The van der Waals surface area contributed by atoms with Crippen molar-refractivity contribution in [2.45, 2.75) is 25.8 Å². The normalized spacial score (nSPS) is 11.8. The highest BCUT2D eigenvalue weighted by Gasteiger charge is 2.18. The predicted octanol–water partition coefficient (Wildman–Crippen LogP) is 3.67. The van der Waals surface area contributed by atoms with Crippen molar-refractivity contribution in [1.29, 1.82) is 0 Å². The summed E-state index contributed by atoms with van der Waals surface area (Å²) in [5, 5.41) is 9.47. The molecule has 0 spiro atoms. The molecule has 1 atom stereocenters. The highest BCUT2D eigenvalue weighted by molar-refractivity contribution is 6.30. The lowest BCUT2D eigenvalue weighted by atomic mass is 10.0. The highest BCUT2D eigenvalue weighted by atomic mass is 35.5. The summed E-state index contributed by atoms with van der Waals surface area (Å²) in [6.45, 7) is 1.99. The van der Waals surface area contributed by atoms with Crippen molar-refractivity contribution in [3.8, 4) is 0 Å². The minimum atomic E-state index is -0.886. The SMILES string of the molecule is CC(Cc1ccc(Cl)cc1)N(C)C(=O)c1ccc(CC(=O)O)cc1. The van der Waals surface area contributed by atoms with Crippen LogP contribution >= 0.6 is 11.6 Å². The highest BCUT2D eigenvalue weighted by Crippen LogP contribution is 2.15. The molecule has 0 aromatic heterocycles. The van der Waals surface area contributed by atoms with Crippen LogP contribution in [0.4, 0.5) is 0 Å². The number of rotatable bonds is 6. The van der Waals surface area contributed by atoms with E-state index in [1.54, 1.807) is 36.2 Å². The van der Waals surface area contributed by atoms with Gasteiger partial charge >= 0.3 is 5.97 Å². The lowest BCUT2D eigenvalue weighted by Gasteiger charge is -2.25. The summed E-state index contributed by atoms with van der Waals surface area (Å²) in [4.78, 5) is 24.9. The van der Waals surface area contributed by atoms with E-state index in [0.717, 1.165) is 12.0 Å². The van der Waals surface area contributed by atoms with Crippen molar-refractivity contribution in [2.75, 3.05) is 7.05 Å². The summed E-state index contributed by atoms with van der Waals surface area (Å²) in [5.74, 6) is -0.971. The average Bonchev–Trinajstić information content (AvgIpc) is 2.55. The van der Waals surface area contributed by atoms with E-state index in [2.05, 4.69) is 0 Å². The number of halogens is 1. The molecule has 0 radical (unpaired) electrons. The Kier molecular flexibility index (Phi) is 5.99. The van der Waals surface area contributed by atoms with Crippen molar-refractivity contribution < 1.29 is 14.7 Å². The van der Waals surface area contributed by atoms with E-state index in [9.17, 15) is 9.59 Å². The monoisotopic (exact) mass is 345 g/mol. The Balaban J connectivity index is 2.02. The first-order chi connectivity index (χ1) is 11.4. The molecule has 0 saturated heterocycles. The summed E-state index contributed by atoms with van der Waals surface area (Å²) in [7, 11) is 1.77. The maximum atomic E-state index is 12.6. The molecule has 0 aliphatic rings. The second-order valence-electron chi connectivity index (χ2n) is 5.86. The number of nitrogens with zero attached hydrogens (tertiary/aromatic N) is 1. The van der Waals surface area contributed by atoms with E-state index in [4.69, 9.17) is 16.7 Å². The fourth-order valence-corrected chi connectivity index (χ4v) is 2.57. The van der Waals surface area contributed by atoms with E-state index in [0.29, 0.717) is 16.1 Å². The Bertz CT molecular complexity index is 710. The van der Waals surface area contributed by atoms with Gasteiger partial charge in [-0.2, -0.15) is 0 Å². The lowest BCUT2D eigenvalue weighted by Crippen LogP contribution is -2.36. The van der Waals surface area contributed by atoms with Gasteiger partial charge in [0.05, 0.1) is 6.42 Å². The maximum Gasteiger partial charge on any atom is 0.307 e. The van der Waals surface area contributed by atoms with Crippen molar-refractivity contribution in [3.05, 3.63) is 70.2 Å². The Morgan fingerprint density at radius 2 is 1.58 bits per heavy atom. The van der Waals surface area contributed by atoms with Crippen LogP contribution in [0.15, 0.2) is 48.5 Å². The van der Waals surface area contributed by atoms with Crippen LogP contribution in [0.25, 0.3) is 0 Å². The Hall–Kier alpha value is -2.33. The van der Waals surface area contributed by atoms with Gasteiger partial charge in [-0.1, -0.05) is 35.9 Å². The summed E-state index contributed by atoms with van der Waals surface area (Å²) in [6.07, 6.45) is 0.688. The van der Waals surface area contributed by atoms with Gasteiger partial charge in [-0.3, -0.25) is 9.59 Å². The summed E-state index contributed by atoms with van der Waals surface area (Å²) < 4.78 is 0. The van der Waals surface area contributed by atoms with Crippen LogP contribution in [0.2, 0.25) is 5.02 Å². The molecule has 0 saturated carbocycles. The van der Waals surface area contributed by atoms with Gasteiger partial charge in [-0.05, 0) is 48.7 Å². The molecular weight excluding hydrogens is 326 g/mol. The largest absolute Gasteiger partial charge is 0.481 e. The first kappa shape index (κ1) is 18.0. The molecule has 0 fully saturated rings. The Morgan fingerprint density at radius 3 is 2.12 bits per heavy atom. The minimum Gasteiger partial charge on any atom is -0.481 e. The van der Waals surface area contributed by atoms with E-state index < -0.39 is 5.97 Å². The van der Waals surface area contributed by atoms with Gasteiger partial charge in [-0.25, -0.2) is 0 Å². The number of amides is 1. The van der Waals surface area contributed by atoms with Crippen LogP contribution in [-0.2, 0) is 17.6 Å². The number of likely N-dealkylation sites (N-methyl/N-ethyl adjacent to an activating group) is 1. The molecule has 0 aliphatic carbocycles. The summed E-state index contributed by atoms with van der Waals surface area (Å²) in [5.41, 5.74) is 2.34. The zero-order valence-corrected chi connectivity index (χ0v) is 14.5. The third kappa shape index (κ3) is 4.83. The molecule has 2 aromatic rings. The predicted molar refractivity (Wildman–Crippen MR) is 94.5 cm³/mol. The zero-order valence-electron chi connectivity index (χ0n) is 13.7. The van der Waals surface area contributed by atoms with E-state index >= 15 is 0 Å². The van der Waals surface area contributed by atoms with Gasteiger partial charge in [0.15, 0.2) is 0 Å². The third-order valence-corrected chi connectivity index (χ3v) is 4.23. The topological polar surface area (TPSA) is 57.6 Å². The first-order valence-corrected chi connectivity index (χ1v) is 8.07.